The molecule has 1 aliphatic rings. The molecule has 3 rings (SSSR count). The third kappa shape index (κ3) is 4.37. The summed E-state index contributed by atoms with van der Waals surface area (Å²) in [5.74, 6) is -0.258. The molecule has 1 saturated carbocycles. The van der Waals surface area contributed by atoms with E-state index in [1.54, 1.807) is 12.1 Å². The monoisotopic (exact) mass is 317 g/mol. The van der Waals surface area contributed by atoms with Gasteiger partial charge in [-0.05, 0) is 30.5 Å². The zero-order chi connectivity index (χ0) is 16.1. The zero-order valence-corrected chi connectivity index (χ0v) is 12.9. The Labute approximate surface area is 134 Å². The Morgan fingerprint density at radius 3 is 2.52 bits per heavy atom. The summed E-state index contributed by atoms with van der Waals surface area (Å²) in [6.45, 7) is 0. The van der Waals surface area contributed by atoms with E-state index in [1.807, 2.05) is 0 Å². The number of hydrogen-bond donors (Lipinski definition) is 1. The summed E-state index contributed by atoms with van der Waals surface area (Å²) in [6, 6.07) is 6.27. The molecule has 0 radical (unpaired) electrons. The van der Waals surface area contributed by atoms with E-state index < -0.39 is 0 Å². The smallest absolute Gasteiger partial charge is 0.309 e. The average molecular weight is 317 g/mol. The van der Waals surface area contributed by atoms with E-state index in [1.165, 1.54) is 25.0 Å². The van der Waals surface area contributed by atoms with Crippen LogP contribution in [-0.2, 0) is 6.42 Å². The summed E-state index contributed by atoms with van der Waals surface area (Å²) in [7, 11) is 0. The minimum absolute atomic E-state index is 0.00800. The van der Waals surface area contributed by atoms with E-state index in [4.69, 9.17) is 4.42 Å². The predicted molar refractivity (Wildman–Crippen MR) is 82.5 cm³/mol. The number of rotatable bonds is 4. The molecule has 2 aromatic rings. The first-order valence-corrected chi connectivity index (χ1v) is 8.08. The molecule has 0 atom stereocenters. The highest BCUT2D eigenvalue weighted by atomic mass is 19.1. The molecule has 0 spiro atoms. The number of benzene rings is 1. The van der Waals surface area contributed by atoms with Gasteiger partial charge in [0.25, 0.3) is 0 Å². The lowest BCUT2D eigenvalue weighted by molar-refractivity contribution is 0.0896. The molecule has 1 aromatic heterocycles. The number of nitrogens with zero attached hydrogens (tertiary/aromatic N) is 2. The van der Waals surface area contributed by atoms with Gasteiger partial charge in [0, 0.05) is 6.04 Å². The molecule has 1 fully saturated rings. The van der Waals surface area contributed by atoms with Gasteiger partial charge in [0.1, 0.15) is 5.82 Å². The molecular weight excluding hydrogens is 297 g/mol. The Morgan fingerprint density at radius 1 is 1.13 bits per heavy atom. The summed E-state index contributed by atoms with van der Waals surface area (Å²) in [5.41, 5.74) is 0.853. The van der Waals surface area contributed by atoms with Gasteiger partial charge in [0.2, 0.25) is 5.89 Å². The first kappa shape index (κ1) is 15.6. The van der Waals surface area contributed by atoms with Crippen LogP contribution in [0.4, 0.5) is 4.39 Å². The Hall–Kier alpha value is -2.24. The van der Waals surface area contributed by atoms with Crippen molar-refractivity contribution in [3.8, 4) is 0 Å². The van der Waals surface area contributed by atoms with Gasteiger partial charge in [-0.25, -0.2) is 4.39 Å². The highest BCUT2D eigenvalue weighted by Crippen LogP contribution is 2.17. The van der Waals surface area contributed by atoms with Crippen molar-refractivity contribution in [2.75, 3.05) is 0 Å². The standard InChI is InChI=1S/C17H20FN3O2/c18-13-9-7-12(8-10-13)11-15-20-21-17(23-15)16(22)19-14-5-3-1-2-4-6-14/h7-10,14H,1-6,11H2,(H,19,22). The highest BCUT2D eigenvalue weighted by Gasteiger charge is 2.20. The van der Waals surface area contributed by atoms with E-state index in [0.717, 1.165) is 31.2 Å². The van der Waals surface area contributed by atoms with E-state index >= 15 is 0 Å². The van der Waals surface area contributed by atoms with Crippen LogP contribution in [-0.4, -0.2) is 22.1 Å². The number of halogens is 1. The van der Waals surface area contributed by atoms with Crippen molar-refractivity contribution in [2.45, 2.75) is 51.0 Å². The van der Waals surface area contributed by atoms with Gasteiger partial charge < -0.3 is 9.73 Å². The van der Waals surface area contributed by atoms with Crippen LogP contribution in [0.2, 0.25) is 0 Å². The van der Waals surface area contributed by atoms with Crippen LogP contribution >= 0.6 is 0 Å². The first-order valence-electron chi connectivity index (χ1n) is 8.08. The second-order valence-corrected chi connectivity index (χ2v) is 5.97. The maximum Gasteiger partial charge on any atom is 0.309 e. The van der Waals surface area contributed by atoms with E-state index in [2.05, 4.69) is 15.5 Å². The molecule has 6 heteroatoms. The van der Waals surface area contributed by atoms with Crippen molar-refractivity contribution in [1.82, 2.24) is 15.5 Å². The van der Waals surface area contributed by atoms with Crippen LogP contribution < -0.4 is 5.32 Å². The average Bonchev–Trinajstić information content (AvgIpc) is 2.86. The molecule has 0 saturated heterocycles. The zero-order valence-electron chi connectivity index (χ0n) is 12.9. The van der Waals surface area contributed by atoms with Crippen LogP contribution in [0.1, 0.15) is 60.7 Å². The molecule has 1 N–H and O–H groups in total. The summed E-state index contributed by atoms with van der Waals surface area (Å²) in [6.07, 6.45) is 7.13. The SMILES string of the molecule is O=C(NC1CCCCCC1)c1nnc(Cc2ccc(F)cc2)o1. The third-order valence-corrected chi connectivity index (χ3v) is 4.12. The summed E-state index contributed by atoms with van der Waals surface area (Å²) in [4.78, 5) is 12.2. The highest BCUT2D eigenvalue weighted by molar-refractivity contribution is 5.89. The van der Waals surface area contributed by atoms with Gasteiger partial charge in [-0.1, -0.05) is 37.8 Å². The maximum absolute atomic E-state index is 12.9. The van der Waals surface area contributed by atoms with Crippen molar-refractivity contribution in [1.29, 1.82) is 0 Å². The van der Waals surface area contributed by atoms with E-state index in [-0.39, 0.29) is 23.7 Å². The molecule has 1 aliphatic carbocycles. The quantitative estimate of drug-likeness (QED) is 0.879. The van der Waals surface area contributed by atoms with Crippen molar-refractivity contribution >= 4 is 5.91 Å². The lowest BCUT2D eigenvalue weighted by Gasteiger charge is -2.14. The van der Waals surface area contributed by atoms with Crippen molar-refractivity contribution < 1.29 is 13.6 Å². The van der Waals surface area contributed by atoms with E-state index in [9.17, 15) is 9.18 Å². The minimum atomic E-state index is -0.310. The second kappa shape index (κ2) is 7.35. The van der Waals surface area contributed by atoms with Gasteiger partial charge in [-0.2, -0.15) is 0 Å². The number of carbonyl (C=O) groups excluding carboxylic acids is 1. The lowest BCUT2D eigenvalue weighted by atomic mass is 10.1. The normalized spacial score (nSPS) is 16.0. The Morgan fingerprint density at radius 2 is 1.83 bits per heavy atom. The molecule has 1 amide bonds. The van der Waals surface area contributed by atoms with Gasteiger partial charge in [-0.15, -0.1) is 10.2 Å². The van der Waals surface area contributed by atoms with Gasteiger partial charge >= 0.3 is 11.8 Å². The van der Waals surface area contributed by atoms with Gasteiger partial charge in [0.05, 0.1) is 6.42 Å². The molecule has 0 bridgehead atoms. The van der Waals surface area contributed by atoms with E-state index in [0.29, 0.717) is 12.3 Å². The number of hydrogen-bond acceptors (Lipinski definition) is 4. The van der Waals surface area contributed by atoms with Gasteiger partial charge in [0.15, 0.2) is 0 Å². The number of nitrogens with one attached hydrogen (secondary N) is 1. The number of carbonyl (C=O) groups is 1. The number of amides is 1. The molecule has 122 valence electrons. The van der Waals surface area contributed by atoms with Crippen molar-refractivity contribution in [3.63, 3.8) is 0 Å². The maximum atomic E-state index is 12.9. The van der Waals surface area contributed by atoms with Crippen LogP contribution in [0.5, 0.6) is 0 Å². The fourth-order valence-corrected chi connectivity index (χ4v) is 2.86. The summed E-state index contributed by atoms with van der Waals surface area (Å²) in [5, 5.41) is 10.7. The Kier molecular flexibility index (Phi) is 5.00. The molecule has 0 aliphatic heterocycles. The third-order valence-electron chi connectivity index (χ3n) is 4.12. The van der Waals surface area contributed by atoms with Crippen molar-refractivity contribution in [3.05, 3.63) is 47.4 Å². The summed E-state index contributed by atoms with van der Waals surface area (Å²) >= 11 is 0. The topological polar surface area (TPSA) is 68.0 Å². The van der Waals surface area contributed by atoms with Crippen molar-refractivity contribution in [2.24, 2.45) is 0 Å². The molecule has 1 aromatic carbocycles. The Bertz CT molecular complexity index is 646. The minimum Gasteiger partial charge on any atom is -0.417 e. The lowest BCUT2D eigenvalue weighted by Crippen LogP contribution is -2.34. The molecular formula is C17H20FN3O2. The molecule has 0 unspecified atom stereocenters. The molecule has 23 heavy (non-hydrogen) atoms. The molecule has 5 nitrogen and oxygen atoms in total. The first-order chi connectivity index (χ1) is 11.2. The largest absolute Gasteiger partial charge is 0.417 e. The van der Waals surface area contributed by atoms with Gasteiger partial charge in [-0.3, -0.25) is 4.79 Å². The predicted octanol–water partition coefficient (Wildman–Crippen LogP) is 3.25. The van der Waals surface area contributed by atoms with Crippen LogP contribution in [0.3, 0.4) is 0 Å². The fourth-order valence-electron chi connectivity index (χ4n) is 2.86. The summed E-state index contributed by atoms with van der Waals surface area (Å²) < 4.78 is 18.3. The Balaban J connectivity index is 1.59. The van der Waals surface area contributed by atoms with Crippen LogP contribution in [0, 0.1) is 5.82 Å². The van der Waals surface area contributed by atoms with Crippen LogP contribution in [0.25, 0.3) is 0 Å². The fraction of sp³-hybridized carbons (Fsp3) is 0.471. The number of aromatic nitrogens is 2. The molecule has 1 heterocycles. The van der Waals surface area contributed by atoms with Crippen LogP contribution in [0.15, 0.2) is 28.7 Å². The second-order valence-electron chi connectivity index (χ2n) is 5.97.